The van der Waals surface area contributed by atoms with E-state index in [0.717, 1.165) is 17.7 Å². The van der Waals surface area contributed by atoms with E-state index >= 15 is 0 Å². The van der Waals surface area contributed by atoms with Crippen LogP contribution in [0.25, 0.3) is 0 Å². The maximum Gasteiger partial charge on any atom is 0.338 e. The highest BCUT2D eigenvalue weighted by Gasteiger charge is 2.37. The molecule has 0 saturated heterocycles. The van der Waals surface area contributed by atoms with E-state index in [1.165, 1.54) is 6.33 Å². The van der Waals surface area contributed by atoms with Crippen molar-refractivity contribution in [3.05, 3.63) is 41.4 Å². The van der Waals surface area contributed by atoms with Gasteiger partial charge in [0.25, 0.3) is 0 Å². The number of ether oxygens (including phenoxy) is 3. The van der Waals surface area contributed by atoms with Crippen LogP contribution >= 0.6 is 0 Å². The summed E-state index contributed by atoms with van der Waals surface area (Å²) in [5, 5.41) is 7.57. The summed E-state index contributed by atoms with van der Waals surface area (Å²) in [6.45, 7) is 4.13. The molecule has 0 spiro atoms. The summed E-state index contributed by atoms with van der Waals surface area (Å²) in [5.74, 6) is 1.47. The lowest BCUT2D eigenvalue weighted by molar-refractivity contribution is -0.139. The normalized spacial score (nSPS) is 15.8. The maximum absolute atomic E-state index is 12.9. The van der Waals surface area contributed by atoms with Crippen molar-refractivity contribution in [2.24, 2.45) is 0 Å². The molecule has 1 N–H and O–H groups in total. The van der Waals surface area contributed by atoms with Gasteiger partial charge in [0.05, 0.1) is 26.4 Å². The lowest BCUT2D eigenvalue weighted by atomic mass is 9.93. The van der Waals surface area contributed by atoms with Crippen LogP contribution in [0.4, 0.5) is 5.95 Å². The van der Waals surface area contributed by atoms with E-state index < -0.39 is 6.04 Å². The number of anilines is 1. The molecule has 2 aromatic rings. The summed E-state index contributed by atoms with van der Waals surface area (Å²) < 4.78 is 18.0. The summed E-state index contributed by atoms with van der Waals surface area (Å²) in [7, 11) is 3.19. The third kappa shape index (κ3) is 3.47. The maximum atomic E-state index is 12.9. The van der Waals surface area contributed by atoms with Gasteiger partial charge in [-0.1, -0.05) is 13.3 Å². The van der Waals surface area contributed by atoms with Crippen LogP contribution in [0.3, 0.4) is 0 Å². The number of allylic oxidation sites excluding steroid dienone is 1. The van der Waals surface area contributed by atoms with E-state index in [1.807, 2.05) is 18.2 Å². The van der Waals surface area contributed by atoms with E-state index in [2.05, 4.69) is 22.3 Å². The number of benzene rings is 1. The fourth-order valence-corrected chi connectivity index (χ4v) is 3.25. The molecular formula is C19H24N4O4. The van der Waals surface area contributed by atoms with Crippen molar-refractivity contribution >= 4 is 11.9 Å². The SMILES string of the molecule is CCCC1=C(C(=O)OCC)[C@@H](c2cc(OC)ccc2OC)n2ncnc2N1. The van der Waals surface area contributed by atoms with Crippen molar-refractivity contribution in [3.63, 3.8) is 0 Å². The Balaban J connectivity index is 2.24. The molecule has 0 fully saturated rings. The third-order valence-corrected chi connectivity index (χ3v) is 4.41. The van der Waals surface area contributed by atoms with Crippen LogP contribution in [0, 0.1) is 0 Å². The number of carbonyl (C=O) groups is 1. The van der Waals surface area contributed by atoms with Crippen molar-refractivity contribution in [3.8, 4) is 11.5 Å². The van der Waals surface area contributed by atoms with Crippen LogP contribution in [0.5, 0.6) is 11.5 Å². The Morgan fingerprint density at radius 1 is 1.26 bits per heavy atom. The average Bonchev–Trinajstić information content (AvgIpc) is 3.15. The van der Waals surface area contributed by atoms with Gasteiger partial charge in [-0.25, -0.2) is 9.48 Å². The Bertz CT molecular complexity index is 859. The minimum atomic E-state index is -0.533. The first kappa shape index (κ1) is 18.8. The minimum absolute atomic E-state index is 0.286. The second kappa shape index (κ2) is 8.11. The van der Waals surface area contributed by atoms with Crippen molar-refractivity contribution in [2.75, 3.05) is 26.1 Å². The number of carbonyl (C=O) groups excluding carboxylic acids is 1. The van der Waals surface area contributed by atoms with Crippen LogP contribution in [0.1, 0.15) is 38.3 Å². The predicted molar refractivity (Wildman–Crippen MR) is 99.9 cm³/mol. The highest BCUT2D eigenvalue weighted by Crippen LogP contribution is 2.41. The number of hydrogen-bond acceptors (Lipinski definition) is 7. The van der Waals surface area contributed by atoms with Crippen LogP contribution in [-0.2, 0) is 9.53 Å². The quantitative estimate of drug-likeness (QED) is 0.748. The molecule has 1 atom stereocenters. The van der Waals surface area contributed by atoms with Gasteiger partial charge in [0.1, 0.15) is 23.9 Å². The van der Waals surface area contributed by atoms with Crippen LogP contribution in [-0.4, -0.2) is 41.6 Å². The highest BCUT2D eigenvalue weighted by molar-refractivity contribution is 5.92. The topological polar surface area (TPSA) is 87.5 Å². The zero-order chi connectivity index (χ0) is 19.4. The average molecular weight is 372 g/mol. The molecule has 0 saturated carbocycles. The molecule has 0 bridgehead atoms. The molecule has 0 aliphatic carbocycles. The first-order valence-corrected chi connectivity index (χ1v) is 8.93. The largest absolute Gasteiger partial charge is 0.497 e. The third-order valence-electron chi connectivity index (χ3n) is 4.41. The van der Waals surface area contributed by atoms with Crippen molar-refractivity contribution in [1.82, 2.24) is 14.8 Å². The summed E-state index contributed by atoms with van der Waals surface area (Å²) in [4.78, 5) is 17.2. The molecule has 27 heavy (non-hydrogen) atoms. The molecule has 0 unspecified atom stereocenters. The number of fused-ring (bicyclic) bond motifs is 1. The molecule has 2 heterocycles. The first-order chi connectivity index (χ1) is 13.1. The van der Waals surface area contributed by atoms with Crippen molar-refractivity contribution in [2.45, 2.75) is 32.7 Å². The van der Waals surface area contributed by atoms with Gasteiger partial charge < -0.3 is 19.5 Å². The Labute approximate surface area is 158 Å². The fourth-order valence-electron chi connectivity index (χ4n) is 3.25. The van der Waals surface area contributed by atoms with E-state index in [-0.39, 0.29) is 12.6 Å². The summed E-state index contributed by atoms with van der Waals surface area (Å²) in [6.07, 6.45) is 3.00. The molecule has 0 radical (unpaired) electrons. The molecule has 1 aromatic carbocycles. The number of nitrogens with zero attached hydrogens (tertiary/aromatic N) is 3. The zero-order valence-corrected chi connectivity index (χ0v) is 16.0. The van der Waals surface area contributed by atoms with Gasteiger partial charge in [-0.05, 0) is 31.5 Å². The Morgan fingerprint density at radius 2 is 2.07 bits per heavy atom. The van der Waals surface area contributed by atoms with Gasteiger partial charge in [-0.3, -0.25) is 0 Å². The van der Waals surface area contributed by atoms with Crippen LogP contribution in [0.2, 0.25) is 0 Å². The van der Waals surface area contributed by atoms with Crippen molar-refractivity contribution in [1.29, 1.82) is 0 Å². The Hall–Kier alpha value is -3.03. The molecule has 1 aliphatic heterocycles. The number of nitrogens with one attached hydrogen (secondary N) is 1. The highest BCUT2D eigenvalue weighted by atomic mass is 16.5. The van der Waals surface area contributed by atoms with Crippen LogP contribution < -0.4 is 14.8 Å². The lowest BCUT2D eigenvalue weighted by Crippen LogP contribution is -2.30. The summed E-state index contributed by atoms with van der Waals surface area (Å²) in [6, 6.07) is 4.94. The van der Waals surface area contributed by atoms with Gasteiger partial charge in [0.15, 0.2) is 0 Å². The number of methoxy groups -OCH3 is 2. The standard InChI is InChI=1S/C19H24N4O4/c1-5-7-14-16(18(24)27-6-2)17(23-19(22-14)20-11-21-23)13-10-12(25-3)8-9-15(13)26-4/h8-11,17H,5-7H2,1-4H3,(H,20,21,22)/t17-/m1/s1. The van der Waals surface area contributed by atoms with E-state index in [1.54, 1.807) is 25.8 Å². The van der Waals surface area contributed by atoms with Gasteiger partial charge in [0.2, 0.25) is 5.95 Å². The van der Waals surface area contributed by atoms with Crippen molar-refractivity contribution < 1.29 is 19.0 Å². The number of rotatable bonds is 7. The Morgan fingerprint density at radius 3 is 2.74 bits per heavy atom. The smallest absolute Gasteiger partial charge is 0.338 e. The molecule has 8 nitrogen and oxygen atoms in total. The second-order valence-corrected chi connectivity index (χ2v) is 6.03. The monoisotopic (exact) mass is 372 g/mol. The molecular weight excluding hydrogens is 348 g/mol. The second-order valence-electron chi connectivity index (χ2n) is 6.03. The van der Waals surface area contributed by atoms with Gasteiger partial charge in [0, 0.05) is 11.3 Å². The van der Waals surface area contributed by atoms with E-state index in [9.17, 15) is 4.79 Å². The van der Waals surface area contributed by atoms with Gasteiger partial charge in [-0.2, -0.15) is 10.1 Å². The van der Waals surface area contributed by atoms with Gasteiger partial charge in [-0.15, -0.1) is 0 Å². The molecule has 1 aromatic heterocycles. The summed E-state index contributed by atoms with van der Waals surface area (Å²) >= 11 is 0. The molecule has 1 aliphatic rings. The number of esters is 1. The molecule has 144 valence electrons. The van der Waals surface area contributed by atoms with E-state index in [4.69, 9.17) is 14.2 Å². The van der Waals surface area contributed by atoms with E-state index in [0.29, 0.717) is 29.4 Å². The fraction of sp³-hybridized carbons (Fsp3) is 0.421. The predicted octanol–water partition coefficient (Wildman–Crippen LogP) is 2.93. The zero-order valence-electron chi connectivity index (χ0n) is 16.0. The molecule has 3 rings (SSSR count). The molecule has 8 heteroatoms. The van der Waals surface area contributed by atoms with Crippen LogP contribution in [0.15, 0.2) is 35.8 Å². The Kier molecular flexibility index (Phi) is 5.63. The lowest BCUT2D eigenvalue weighted by Gasteiger charge is -2.30. The van der Waals surface area contributed by atoms with Gasteiger partial charge >= 0.3 is 5.97 Å². The first-order valence-electron chi connectivity index (χ1n) is 8.93. The number of aromatic nitrogens is 3. The number of hydrogen-bond donors (Lipinski definition) is 1. The minimum Gasteiger partial charge on any atom is -0.497 e. The summed E-state index contributed by atoms with van der Waals surface area (Å²) in [5.41, 5.74) is 2.04. The molecule has 0 amide bonds.